The summed E-state index contributed by atoms with van der Waals surface area (Å²) in [5.41, 5.74) is 0. The van der Waals surface area contributed by atoms with E-state index in [1.165, 1.54) is 0 Å². The molecule has 0 aliphatic heterocycles. The predicted octanol–water partition coefficient (Wildman–Crippen LogP) is 3.01. The van der Waals surface area contributed by atoms with E-state index in [0.717, 1.165) is 5.30 Å². The summed E-state index contributed by atoms with van der Waals surface area (Å²) in [7, 11) is -2.55. The van der Waals surface area contributed by atoms with Crippen LogP contribution in [0.3, 0.4) is 0 Å². The highest BCUT2D eigenvalue weighted by molar-refractivity contribution is 7.76. The zero-order chi connectivity index (χ0) is 9.19. The fourth-order valence-electron chi connectivity index (χ4n) is 0.853. The van der Waals surface area contributed by atoms with Gasteiger partial charge in [-0.1, -0.05) is 48.5 Å². The Morgan fingerprint density at radius 1 is 1.42 bits per heavy atom. The molecule has 1 atom stereocenters. The monoisotopic (exact) mass is 200 g/mol. The Hall–Kier alpha value is -0.520. The third-order valence-electron chi connectivity index (χ3n) is 1.71. The van der Waals surface area contributed by atoms with Crippen molar-refractivity contribution >= 4 is 24.0 Å². The third-order valence-corrected chi connectivity index (χ3v) is 4.89. The number of hydrogen-bond acceptors (Lipinski definition) is 1. The minimum Gasteiger partial charge on any atom is -0.313 e. The van der Waals surface area contributed by atoms with Crippen LogP contribution in [0.4, 0.5) is 0 Å². The minimum atomic E-state index is -2.55. The van der Waals surface area contributed by atoms with Gasteiger partial charge in [0.25, 0.3) is 0 Å². The molecule has 0 bridgehead atoms. The van der Waals surface area contributed by atoms with Gasteiger partial charge < -0.3 is 4.57 Å². The van der Waals surface area contributed by atoms with Crippen molar-refractivity contribution in [2.75, 3.05) is 6.66 Å². The molecule has 0 amide bonds. The highest BCUT2D eigenvalue weighted by Crippen LogP contribution is 2.49. The molecule has 0 aliphatic carbocycles. The smallest absolute Gasteiger partial charge is 0.150 e. The summed E-state index contributed by atoms with van der Waals surface area (Å²) in [6.07, 6.45) is 0. The maximum atomic E-state index is 11.9. The molecule has 1 nitrogen and oxygen atoms in total. The largest absolute Gasteiger partial charge is 0.313 e. The average molecular weight is 201 g/mol. The van der Waals surface area contributed by atoms with Gasteiger partial charge in [0.2, 0.25) is 0 Å². The Morgan fingerprint density at radius 3 is 2.33 bits per heavy atom. The molecule has 0 heterocycles. The Labute approximate surface area is 77.4 Å². The Balaban J connectivity index is 3.16. The fourth-order valence-corrected chi connectivity index (χ4v) is 2.17. The van der Waals surface area contributed by atoms with Crippen molar-refractivity contribution in [1.82, 2.24) is 0 Å². The molecule has 12 heavy (non-hydrogen) atoms. The van der Waals surface area contributed by atoms with Crippen LogP contribution in [0.1, 0.15) is 0 Å². The van der Waals surface area contributed by atoms with E-state index in [-0.39, 0.29) is 4.77 Å². The Kier molecular flexibility index (Phi) is 2.76. The van der Waals surface area contributed by atoms with Gasteiger partial charge in [-0.2, -0.15) is 0 Å². The second-order valence-corrected chi connectivity index (χ2v) is 6.26. The lowest BCUT2D eigenvalue weighted by Crippen LogP contribution is -2.01. The summed E-state index contributed by atoms with van der Waals surface area (Å²) >= 11 is 5.65. The summed E-state index contributed by atoms with van der Waals surface area (Å²) in [5, 5.41) is 0.755. The second kappa shape index (κ2) is 3.47. The first-order valence-corrected chi connectivity index (χ1v) is 6.06. The normalized spacial score (nSPS) is 15.2. The van der Waals surface area contributed by atoms with Gasteiger partial charge in [0.05, 0.1) is 4.77 Å². The highest BCUT2D eigenvalue weighted by Gasteiger charge is 2.19. The van der Waals surface area contributed by atoms with E-state index in [9.17, 15) is 4.57 Å². The molecular formula is C9H10ClOP. The molecule has 0 aliphatic rings. The molecule has 1 rings (SSSR count). The van der Waals surface area contributed by atoms with Crippen LogP contribution in [-0.4, -0.2) is 6.66 Å². The van der Waals surface area contributed by atoms with Crippen LogP contribution >= 0.6 is 18.7 Å². The van der Waals surface area contributed by atoms with Crippen molar-refractivity contribution in [3.8, 4) is 0 Å². The molecule has 0 N–H and O–H groups in total. The molecule has 0 unspecified atom stereocenters. The summed E-state index contributed by atoms with van der Waals surface area (Å²) in [6, 6.07) is 9.15. The lowest BCUT2D eigenvalue weighted by molar-refractivity contribution is 0.589. The van der Waals surface area contributed by atoms with Crippen LogP contribution in [0.15, 0.2) is 41.7 Å². The van der Waals surface area contributed by atoms with Crippen LogP contribution in [0, 0.1) is 0 Å². The number of hydrogen-bond donors (Lipinski definition) is 0. The van der Waals surface area contributed by atoms with Crippen molar-refractivity contribution in [3.63, 3.8) is 0 Å². The van der Waals surface area contributed by atoms with E-state index in [4.69, 9.17) is 11.6 Å². The van der Waals surface area contributed by atoms with E-state index >= 15 is 0 Å². The minimum absolute atomic E-state index is 0.230. The van der Waals surface area contributed by atoms with E-state index in [1.807, 2.05) is 18.2 Å². The quantitative estimate of drug-likeness (QED) is 0.671. The first kappa shape index (κ1) is 9.57. The summed E-state index contributed by atoms with van der Waals surface area (Å²) < 4.78 is 12.1. The van der Waals surface area contributed by atoms with Gasteiger partial charge >= 0.3 is 0 Å². The molecular weight excluding hydrogens is 191 g/mol. The topological polar surface area (TPSA) is 17.1 Å². The van der Waals surface area contributed by atoms with E-state index in [2.05, 4.69) is 6.58 Å². The number of halogens is 1. The Morgan fingerprint density at radius 2 is 1.92 bits per heavy atom. The van der Waals surface area contributed by atoms with Crippen molar-refractivity contribution in [2.45, 2.75) is 0 Å². The van der Waals surface area contributed by atoms with Gasteiger partial charge in [-0.25, -0.2) is 0 Å². The molecule has 1 aromatic rings. The van der Waals surface area contributed by atoms with E-state index in [0.29, 0.717) is 0 Å². The molecule has 0 radical (unpaired) electrons. The molecule has 0 aromatic heterocycles. The Bertz CT molecular complexity index is 332. The maximum Gasteiger partial charge on any atom is 0.150 e. The zero-order valence-corrected chi connectivity index (χ0v) is 8.48. The molecule has 1 aromatic carbocycles. The molecule has 0 fully saturated rings. The predicted molar refractivity (Wildman–Crippen MR) is 54.6 cm³/mol. The number of rotatable bonds is 2. The van der Waals surface area contributed by atoms with Crippen molar-refractivity contribution in [1.29, 1.82) is 0 Å². The van der Waals surface area contributed by atoms with Gasteiger partial charge in [-0.15, -0.1) is 0 Å². The molecule has 0 saturated carbocycles. The maximum absolute atomic E-state index is 11.9. The average Bonchev–Trinajstić information content (AvgIpc) is 2.06. The summed E-state index contributed by atoms with van der Waals surface area (Å²) in [4.78, 5) is 0. The second-order valence-electron chi connectivity index (χ2n) is 2.64. The first-order chi connectivity index (χ1) is 5.55. The van der Waals surface area contributed by atoms with Crippen LogP contribution in [0.5, 0.6) is 0 Å². The van der Waals surface area contributed by atoms with Crippen molar-refractivity contribution < 1.29 is 4.57 Å². The standard InChI is InChI=1S/C9H10ClOP/c1-8(10)12(2,11)9-6-4-3-5-7-9/h3-7H,1H2,2H3/t12-/m0/s1. The number of benzene rings is 1. The highest BCUT2D eigenvalue weighted by atomic mass is 35.5. The summed E-state index contributed by atoms with van der Waals surface area (Å²) in [6.45, 7) is 5.13. The van der Waals surface area contributed by atoms with Gasteiger partial charge in [-0.3, -0.25) is 0 Å². The summed E-state index contributed by atoms with van der Waals surface area (Å²) in [5.74, 6) is 0. The molecule has 3 heteroatoms. The van der Waals surface area contributed by atoms with Gasteiger partial charge in [-0.05, 0) is 6.66 Å². The molecule has 0 saturated heterocycles. The van der Waals surface area contributed by atoms with Gasteiger partial charge in [0.15, 0.2) is 7.14 Å². The van der Waals surface area contributed by atoms with Crippen LogP contribution in [-0.2, 0) is 4.57 Å². The molecule has 64 valence electrons. The van der Waals surface area contributed by atoms with E-state index in [1.54, 1.807) is 18.8 Å². The van der Waals surface area contributed by atoms with Crippen molar-refractivity contribution in [2.24, 2.45) is 0 Å². The van der Waals surface area contributed by atoms with Crippen molar-refractivity contribution in [3.05, 3.63) is 41.7 Å². The van der Waals surface area contributed by atoms with Crippen LogP contribution < -0.4 is 5.30 Å². The lowest BCUT2D eigenvalue weighted by atomic mass is 10.4. The van der Waals surface area contributed by atoms with Crippen LogP contribution in [0.2, 0.25) is 0 Å². The van der Waals surface area contributed by atoms with Crippen LogP contribution in [0.25, 0.3) is 0 Å². The van der Waals surface area contributed by atoms with E-state index < -0.39 is 7.14 Å². The SMILES string of the molecule is C=C(Cl)[P@](C)(=O)c1ccccc1. The lowest BCUT2D eigenvalue weighted by Gasteiger charge is -2.10. The zero-order valence-electron chi connectivity index (χ0n) is 6.83. The third kappa shape index (κ3) is 1.80. The van der Waals surface area contributed by atoms with Gasteiger partial charge in [0.1, 0.15) is 0 Å². The first-order valence-electron chi connectivity index (χ1n) is 3.53. The van der Waals surface area contributed by atoms with Gasteiger partial charge in [0, 0.05) is 5.30 Å². The molecule has 0 spiro atoms. The fraction of sp³-hybridized carbons (Fsp3) is 0.111.